The standard InChI is InChI=1S/C10H21NO4/c11-5-9(12)6-13-3-1-2-4-14-7-10-8-15-10/h9-10,12H,1-8,11H2. The zero-order valence-electron chi connectivity index (χ0n) is 9.06. The molecule has 0 aromatic heterocycles. The fraction of sp³-hybridized carbons (Fsp3) is 1.00. The topological polar surface area (TPSA) is 77.2 Å². The average Bonchev–Trinajstić information content (AvgIpc) is 3.05. The Morgan fingerprint density at radius 3 is 2.60 bits per heavy atom. The molecule has 0 aromatic rings. The summed E-state index contributed by atoms with van der Waals surface area (Å²) in [5.74, 6) is 0. The molecule has 5 nitrogen and oxygen atoms in total. The fourth-order valence-corrected chi connectivity index (χ4v) is 1.07. The molecule has 0 bridgehead atoms. The smallest absolute Gasteiger partial charge is 0.104 e. The maximum Gasteiger partial charge on any atom is 0.104 e. The Labute approximate surface area is 90.5 Å². The second-order valence-electron chi connectivity index (χ2n) is 3.70. The van der Waals surface area contributed by atoms with Crippen LogP contribution in [0.15, 0.2) is 0 Å². The summed E-state index contributed by atoms with van der Waals surface area (Å²) in [6, 6.07) is 0. The van der Waals surface area contributed by atoms with Gasteiger partial charge in [0.25, 0.3) is 0 Å². The molecule has 90 valence electrons. The largest absolute Gasteiger partial charge is 0.389 e. The lowest BCUT2D eigenvalue weighted by molar-refractivity contribution is 0.0358. The minimum Gasteiger partial charge on any atom is -0.389 e. The molecule has 0 aliphatic carbocycles. The highest BCUT2D eigenvalue weighted by atomic mass is 16.6. The summed E-state index contributed by atoms with van der Waals surface area (Å²) in [5.41, 5.74) is 5.22. The van der Waals surface area contributed by atoms with Crippen LogP contribution in [-0.4, -0.2) is 56.9 Å². The predicted molar refractivity (Wildman–Crippen MR) is 55.7 cm³/mol. The summed E-state index contributed by atoms with van der Waals surface area (Å²) in [5, 5.41) is 9.08. The number of aliphatic hydroxyl groups excluding tert-OH is 1. The number of nitrogens with two attached hydrogens (primary N) is 1. The molecule has 1 fully saturated rings. The Balaban J connectivity index is 1.68. The normalized spacial score (nSPS) is 21.6. The molecule has 5 heteroatoms. The molecule has 1 rings (SSSR count). The van der Waals surface area contributed by atoms with Crippen LogP contribution in [-0.2, 0) is 14.2 Å². The van der Waals surface area contributed by atoms with Crippen molar-refractivity contribution >= 4 is 0 Å². The van der Waals surface area contributed by atoms with Gasteiger partial charge in [-0.25, -0.2) is 0 Å². The van der Waals surface area contributed by atoms with Gasteiger partial charge in [-0.15, -0.1) is 0 Å². The highest BCUT2D eigenvalue weighted by Gasteiger charge is 2.21. The van der Waals surface area contributed by atoms with Crippen LogP contribution in [0.3, 0.4) is 0 Å². The van der Waals surface area contributed by atoms with Crippen LogP contribution in [0.5, 0.6) is 0 Å². The maximum absolute atomic E-state index is 9.08. The van der Waals surface area contributed by atoms with E-state index in [1.54, 1.807) is 0 Å². The molecule has 0 saturated carbocycles. The first-order chi connectivity index (χ1) is 7.33. The summed E-state index contributed by atoms with van der Waals surface area (Å²) in [6.07, 6.45) is 1.74. The van der Waals surface area contributed by atoms with Crippen LogP contribution in [0.25, 0.3) is 0 Å². The lowest BCUT2D eigenvalue weighted by Crippen LogP contribution is -2.25. The predicted octanol–water partition coefficient (Wildman–Crippen LogP) is -0.482. The average molecular weight is 219 g/mol. The van der Waals surface area contributed by atoms with Crippen LogP contribution in [0, 0.1) is 0 Å². The van der Waals surface area contributed by atoms with Gasteiger partial charge in [-0.3, -0.25) is 0 Å². The highest BCUT2D eigenvalue weighted by molar-refractivity contribution is 4.66. The van der Waals surface area contributed by atoms with Gasteiger partial charge in [0.15, 0.2) is 0 Å². The van der Waals surface area contributed by atoms with E-state index >= 15 is 0 Å². The van der Waals surface area contributed by atoms with E-state index < -0.39 is 6.10 Å². The van der Waals surface area contributed by atoms with Crippen LogP contribution in [0.4, 0.5) is 0 Å². The minimum absolute atomic E-state index is 0.254. The van der Waals surface area contributed by atoms with Gasteiger partial charge < -0.3 is 25.1 Å². The summed E-state index contributed by atoms with van der Waals surface area (Å²) >= 11 is 0. The van der Waals surface area contributed by atoms with Gasteiger partial charge in [0, 0.05) is 19.8 Å². The third kappa shape index (κ3) is 7.70. The molecule has 0 radical (unpaired) electrons. The summed E-state index contributed by atoms with van der Waals surface area (Å²) < 4.78 is 15.6. The molecular weight excluding hydrogens is 198 g/mol. The Kier molecular flexibility index (Phi) is 6.87. The molecule has 1 aliphatic heterocycles. The van der Waals surface area contributed by atoms with Gasteiger partial charge in [-0.2, -0.15) is 0 Å². The fourth-order valence-electron chi connectivity index (χ4n) is 1.07. The van der Waals surface area contributed by atoms with E-state index in [4.69, 9.17) is 25.1 Å². The number of epoxide rings is 1. The number of ether oxygens (including phenoxy) is 3. The molecule has 15 heavy (non-hydrogen) atoms. The molecule has 2 unspecified atom stereocenters. The quantitative estimate of drug-likeness (QED) is 0.383. The van der Waals surface area contributed by atoms with Crippen molar-refractivity contribution in [2.45, 2.75) is 25.0 Å². The molecule has 1 heterocycles. The summed E-state index contributed by atoms with van der Waals surface area (Å²) in [4.78, 5) is 0. The first-order valence-electron chi connectivity index (χ1n) is 5.48. The van der Waals surface area contributed by atoms with Crippen molar-refractivity contribution in [1.82, 2.24) is 0 Å². The SMILES string of the molecule is NCC(O)COCCCCOCC1CO1. The molecule has 0 aromatic carbocycles. The Bertz CT molecular complexity index is 152. The van der Waals surface area contributed by atoms with Crippen molar-refractivity contribution in [1.29, 1.82) is 0 Å². The van der Waals surface area contributed by atoms with E-state index in [1.165, 1.54) is 0 Å². The first-order valence-corrected chi connectivity index (χ1v) is 5.48. The molecule has 1 aliphatic rings. The van der Waals surface area contributed by atoms with Crippen molar-refractivity contribution in [2.24, 2.45) is 5.73 Å². The third-order valence-electron chi connectivity index (χ3n) is 2.12. The van der Waals surface area contributed by atoms with Crippen molar-refractivity contribution in [3.63, 3.8) is 0 Å². The van der Waals surface area contributed by atoms with E-state index in [2.05, 4.69) is 0 Å². The van der Waals surface area contributed by atoms with E-state index in [-0.39, 0.29) is 6.54 Å². The lowest BCUT2D eigenvalue weighted by atomic mass is 10.3. The summed E-state index contributed by atoms with van der Waals surface area (Å²) in [7, 11) is 0. The first kappa shape index (κ1) is 12.9. The summed E-state index contributed by atoms with van der Waals surface area (Å²) in [6.45, 7) is 3.55. The zero-order valence-corrected chi connectivity index (χ0v) is 9.06. The zero-order chi connectivity index (χ0) is 10.9. The molecule has 2 atom stereocenters. The number of aliphatic hydroxyl groups is 1. The van der Waals surface area contributed by atoms with Crippen LogP contribution in [0.1, 0.15) is 12.8 Å². The van der Waals surface area contributed by atoms with Crippen LogP contribution >= 0.6 is 0 Å². The van der Waals surface area contributed by atoms with Crippen molar-refractivity contribution < 1.29 is 19.3 Å². The molecule has 1 saturated heterocycles. The third-order valence-corrected chi connectivity index (χ3v) is 2.12. The van der Waals surface area contributed by atoms with E-state index in [0.717, 1.165) is 26.1 Å². The number of rotatable bonds is 10. The Morgan fingerprint density at radius 2 is 2.00 bits per heavy atom. The Morgan fingerprint density at radius 1 is 1.33 bits per heavy atom. The van der Waals surface area contributed by atoms with Gasteiger partial charge in [-0.05, 0) is 12.8 Å². The lowest BCUT2D eigenvalue weighted by Gasteiger charge is -2.08. The van der Waals surface area contributed by atoms with Gasteiger partial charge in [0.05, 0.1) is 25.9 Å². The number of hydrogen-bond acceptors (Lipinski definition) is 5. The maximum atomic E-state index is 9.08. The van der Waals surface area contributed by atoms with E-state index in [1.807, 2.05) is 0 Å². The van der Waals surface area contributed by atoms with Gasteiger partial charge in [-0.1, -0.05) is 0 Å². The molecular formula is C10H21NO4. The van der Waals surface area contributed by atoms with Crippen LogP contribution < -0.4 is 5.73 Å². The van der Waals surface area contributed by atoms with E-state index in [0.29, 0.717) is 25.9 Å². The molecule has 0 spiro atoms. The van der Waals surface area contributed by atoms with Crippen LogP contribution in [0.2, 0.25) is 0 Å². The van der Waals surface area contributed by atoms with Crippen molar-refractivity contribution in [3.8, 4) is 0 Å². The Hall–Kier alpha value is -0.200. The highest BCUT2D eigenvalue weighted by Crippen LogP contribution is 2.08. The minimum atomic E-state index is -0.534. The van der Waals surface area contributed by atoms with Crippen molar-refractivity contribution in [2.75, 3.05) is 39.6 Å². The number of unbranched alkanes of at least 4 members (excludes halogenated alkanes) is 1. The number of hydrogen-bond donors (Lipinski definition) is 2. The molecule has 3 N–H and O–H groups in total. The van der Waals surface area contributed by atoms with E-state index in [9.17, 15) is 0 Å². The van der Waals surface area contributed by atoms with Crippen molar-refractivity contribution in [3.05, 3.63) is 0 Å². The second-order valence-corrected chi connectivity index (χ2v) is 3.70. The second kappa shape index (κ2) is 8.01. The van der Waals surface area contributed by atoms with Gasteiger partial charge in [0.1, 0.15) is 6.10 Å². The molecule has 0 amide bonds. The van der Waals surface area contributed by atoms with Gasteiger partial charge >= 0.3 is 0 Å². The monoisotopic (exact) mass is 219 g/mol. The van der Waals surface area contributed by atoms with Gasteiger partial charge in [0.2, 0.25) is 0 Å².